The Morgan fingerprint density at radius 2 is 2.00 bits per heavy atom. The van der Waals surface area contributed by atoms with Gasteiger partial charge in [0, 0.05) is 23.2 Å². The molecule has 30 heavy (non-hydrogen) atoms. The molecule has 0 fully saturated rings. The summed E-state index contributed by atoms with van der Waals surface area (Å²) in [6, 6.07) is 14.8. The van der Waals surface area contributed by atoms with Gasteiger partial charge in [0.25, 0.3) is 0 Å². The van der Waals surface area contributed by atoms with Gasteiger partial charge in [-0.25, -0.2) is 4.98 Å². The average Bonchev–Trinajstić information content (AvgIpc) is 3.06. The molecule has 150 valence electrons. The Labute approximate surface area is 177 Å². The van der Waals surface area contributed by atoms with Crippen molar-refractivity contribution in [3.8, 4) is 0 Å². The predicted octanol–water partition coefficient (Wildman–Crippen LogP) is 4.10. The number of hydrogen-bond acceptors (Lipinski definition) is 6. The van der Waals surface area contributed by atoms with Crippen LogP contribution in [-0.4, -0.2) is 37.2 Å². The minimum atomic E-state index is -0.212. The number of ketones is 1. The standard InChI is InChI=1S/C22H19N5O2S/c1-3-11-27-18-10-5-4-9-17(18)20-21(27)24-22(26-25-20)30-13-19(29)23-16-8-6-7-15(12-16)14(2)28/h3-10,12H,1,11,13H2,2H3,(H,23,29). The Morgan fingerprint density at radius 3 is 2.80 bits per heavy atom. The van der Waals surface area contributed by atoms with Crippen molar-refractivity contribution in [2.75, 3.05) is 11.1 Å². The SMILES string of the molecule is C=CCn1c2ccccc2c2nnc(SCC(=O)Nc3cccc(C(C)=O)c3)nc21. The summed E-state index contributed by atoms with van der Waals surface area (Å²) in [7, 11) is 0. The van der Waals surface area contributed by atoms with E-state index >= 15 is 0 Å². The molecule has 0 aliphatic rings. The molecule has 0 unspecified atom stereocenters. The van der Waals surface area contributed by atoms with E-state index in [1.165, 1.54) is 18.7 Å². The Balaban J connectivity index is 1.53. The fourth-order valence-electron chi connectivity index (χ4n) is 3.21. The first-order chi connectivity index (χ1) is 14.6. The van der Waals surface area contributed by atoms with Crippen molar-refractivity contribution in [2.45, 2.75) is 18.6 Å². The van der Waals surface area contributed by atoms with Gasteiger partial charge in [-0.3, -0.25) is 9.59 Å². The average molecular weight is 417 g/mol. The number of carbonyl (C=O) groups excluding carboxylic acids is 2. The third-order valence-electron chi connectivity index (χ3n) is 4.55. The molecule has 7 nitrogen and oxygen atoms in total. The molecule has 0 saturated heterocycles. The number of allylic oxidation sites excluding steroid dienone is 1. The van der Waals surface area contributed by atoms with Crippen LogP contribution in [0.1, 0.15) is 17.3 Å². The van der Waals surface area contributed by atoms with E-state index in [1.54, 1.807) is 24.3 Å². The van der Waals surface area contributed by atoms with Crippen LogP contribution >= 0.6 is 11.8 Å². The molecule has 0 atom stereocenters. The Kier molecular flexibility index (Phi) is 5.58. The number of amides is 1. The van der Waals surface area contributed by atoms with E-state index < -0.39 is 0 Å². The summed E-state index contributed by atoms with van der Waals surface area (Å²) >= 11 is 1.21. The molecular formula is C22H19N5O2S. The van der Waals surface area contributed by atoms with Gasteiger partial charge < -0.3 is 9.88 Å². The number of para-hydroxylation sites is 1. The molecule has 0 radical (unpaired) electrons. The van der Waals surface area contributed by atoms with E-state index in [2.05, 4.69) is 27.1 Å². The molecule has 4 aromatic rings. The van der Waals surface area contributed by atoms with Crippen molar-refractivity contribution in [1.82, 2.24) is 19.7 Å². The number of rotatable bonds is 7. The second kappa shape index (κ2) is 8.46. The summed E-state index contributed by atoms with van der Waals surface area (Å²) in [5.74, 6) is -0.140. The van der Waals surface area contributed by atoms with Crippen molar-refractivity contribution >= 4 is 51.2 Å². The van der Waals surface area contributed by atoms with Crippen molar-refractivity contribution < 1.29 is 9.59 Å². The first kappa shape index (κ1) is 19.8. The summed E-state index contributed by atoms with van der Waals surface area (Å²) in [6.45, 7) is 5.91. The minimum absolute atomic E-state index is 0.0526. The number of fused-ring (bicyclic) bond motifs is 3. The number of anilines is 1. The molecule has 0 spiro atoms. The smallest absolute Gasteiger partial charge is 0.234 e. The van der Waals surface area contributed by atoms with Crippen molar-refractivity contribution in [3.05, 3.63) is 66.7 Å². The van der Waals surface area contributed by atoms with E-state index in [1.807, 2.05) is 34.9 Å². The topological polar surface area (TPSA) is 89.8 Å². The molecule has 0 saturated carbocycles. The van der Waals surface area contributed by atoms with Crippen LogP contribution in [0.15, 0.2) is 66.3 Å². The Hall–Kier alpha value is -3.52. The summed E-state index contributed by atoms with van der Waals surface area (Å²) in [5.41, 5.74) is 3.58. The molecule has 2 aromatic heterocycles. The summed E-state index contributed by atoms with van der Waals surface area (Å²) in [4.78, 5) is 28.4. The van der Waals surface area contributed by atoms with Crippen LogP contribution in [0.4, 0.5) is 5.69 Å². The Morgan fingerprint density at radius 1 is 1.17 bits per heavy atom. The van der Waals surface area contributed by atoms with Crippen LogP contribution < -0.4 is 5.32 Å². The molecule has 1 amide bonds. The van der Waals surface area contributed by atoms with E-state index in [9.17, 15) is 9.59 Å². The largest absolute Gasteiger partial charge is 0.325 e. The zero-order valence-electron chi connectivity index (χ0n) is 16.3. The lowest BCUT2D eigenvalue weighted by Gasteiger charge is -2.06. The van der Waals surface area contributed by atoms with Crippen LogP contribution in [0.2, 0.25) is 0 Å². The Bertz CT molecular complexity index is 1280. The third-order valence-corrected chi connectivity index (χ3v) is 5.39. The normalized spacial score (nSPS) is 11.0. The number of hydrogen-bond donors (Lipinski definition) is 1. The number of thioether (sulfide) groups is 1. The highest BCUT2D eigenvalue weighted by Crippen LogP contribution is 2.27. The van der Waals surface area contributed by atoms with Crippen molar-refractivity contribution in [1.29, 1.82) is 0 Å². The number of Topliss-reactive ketones (excluding diaryl/α,β-unsaturated/α-hetero) is 1. The molecule has 2 heterocycles. The first-order valence-electron chi connectivity index (χ1n) is 9.33. The summed E-state index contributed by atoms with van der Waals surface area (Å²) in [5, 5.41) is 12.7. The van der Waals surface area contributed by atoms with Crippen molar-refractivity contribution in [3.63, 3.8) is 0 Å². The maximum atomic E-state index is 12.3. The molecular weight excluding hydrogens is 398 g/mol. The third kappa shape index (κ3) is 3.95. The predicted molar refractivity (Wildman–Crippen MR) is 119 cm³/mol. The number of carbonyl (C=O) groups is 2. The molecule has 2 aromatic carbocycles. The molecule has 0 bridgehead atoms. The van der Waals surface area contributed by atoms with Gasteiger partial charge in [-0.15, -0.1) is 16.8 Å². The van der Waals surface area contributed by atoms with Gasteiger partial charge in [0.1, 0.15) is 5.52 Å². The number of nitrogens with zero attached hydrogens (tertiary/aromatic N) is 4. The zero-order chi connectivity index (χ0) is 21.1. The van der Waals surface area contributed by atoms with Gasteiger partial charge in [-0.05, 0) is 25.1 Å². The van der Waals surface area contributed by atoms with E-state index in [0.717, 1.165) is 16.4 Å². The lowest BCUT2D eigenvalue weighted by atomic mass is 10.1. The molecule has 0 aliphatic carbocycles. The monoisotopic (exact) mass is 417 g/mol. The fourth-order valence-corrected chi connectivity index (χ4v) is 3.79. The van der Waals surface area contributed by atoms with E-state index in [4.69, 9.17) is 0 Å². The van der Waals surface area contributed by atoms with Gasteiger partial charge in [0.05, 0.1) is 11.3 Å². The number of aromatic nitrogens is 4. The van der Waals surface area contributed by atoms with Crippen LogP contribution in [-0.2, 0) is 11.3 Å². The van der Waals surface area contributed by atoms with Crippen molar-refractivity contribution in [2.24, 2.45) is 0 Å². The summed E-state index contributed by atoms with van der Waals surface area (Å²) < 4.78 is 2.03. The van der Waals surface area contributed by atoms with Crippen LogP contribution in [0.3, 0.4) is 0 Å². The fraction of sp³-hybridized carbons (Fsp3) is 0.136. The highest BCUT2D eigenvalue weighted by Gasteiger charge is 2.15. The number of benzene rings is 2. The molecule has 0 aliphatic heterocycles. The highest BCUT2D eigenvalue weighted by atomic mass is 32.2. The summed E-state index contributed by atoms with van der Waals surface area (Å²) in [6.07, 6.45) is 1.81. The van der Waals surface area contributed by atoms with Gasteiger partial charge in [-0.1, -0.05) is 48.2 Å². The second-order valence-corrected chi connectivity index (χ2v) is 7.60. The van der Waals surface area contributed by atoms with Gasteiger partial charge in [0.15, 0.2) is 11.4 Å². The second-order valence-electron chi connectivity index (χ2n) is 6.66. The quantitative estimate of drug-likeness (QED) is 0.277. The van der Waals surface area contributed by atoms with Crippen LogP contribution in [0.5, 0.6) is 0 Å². The first-order valence-corrected chi connectivity index (χ1v) is 10.3. The van der Waals surface area contributed by atoms with E-state index in [-0.39, 0.29) is 17.4 Å². The van der Waals surface area contributed by atoms with E-state index in [0.29, 0.717) is 28.6 Å². The van der Waals surface area contributed by atoms with Gasteiger partial charge in [0.2, 0.25) is 11.1 Å². The van der Waals surface area contributed by atoms with Gasteiger partial charge in [-0.2, -0.15) is 0 Å². The maximum absolute atomic E-state index is 12.3. The van der Waals surface area contributed by atoms with Crippen LogP contribution in [0.25, 0.3) is 22.1 Å². The van der Waals surface area contributed by atoms with Crippen LogP contribution in [0, 0.1) is 0 Å². The number of nitrogens with one attached hydrogen (secondary N) is 1. The lowest BCUT2D eigenvalue weighted by Crippen LogP contribution is -2.14. The molecule has 8 heteroatoms. The minimum Gasteiger partial charge on any atom is -0.325 e. The molecule has 4 rings (SSSR count). The maximum Gasteiger partial charge on any atom is 0.234 e. The highest BCUT2D eigenvalue weighted by molar-refractivity contribution is 7.99. The zero-order valence-corrected chi connectivity index (χ0v) is 17.1. The lowest BCUT2D eigenvalue weighted by molar-refractivity contribution is -0.113. The van der Waals surface area contributed by atoms with Gasteiger partial charge >= 0.3 is 0 Å². The molecule has 1 N–H and O–H groups in total.